The Morgan fingerprint density at radius 3 is 2.12 bits per heavy atom. The van der Waals surface area contributed by atoms with Gasteiger partial charge in [-0.15, -0.1) is 0 Å². The van der Waals surface area contributed by atoms with Gasteiger partial charge in [0.2, 0.25) is 0 Å². The highest BCUT2D eigenvalue weighted by molar-refractivity contribution is 6.12. The monoisotopic (exact) mass is 236 g/mol. The molecule has 0 bridgehead atoms. The van der Waals surface area contributed by atoms with Crippen LogP contribution in [0.25, 0.3) is 0 Å². The third-order valence-corrected chi connectivity index (χ3v) is 3.41. The summed E-state index contributed by atoms with van der Waals surface area (Å²) in [7, 11) is 0. The minimum absolute atomic E-state index is 0.274. The van der Waals surface area contributed by atoms with Gasteiger partial charge in [0, 0.05) is 5.56 Å². The maximum absolute atomic E-state index is 12.8. The van der Waals surface area contributed by atoms with Crippen molar-refractivity contribution in [1.82, 2.24) is 0 Å². The van der Waals surface area contributed by atoms with Gasteiger partial charge in [0.15, 0.2) is 5.78 Å². The summed E-state index contributed by atoms with van der Waals surface area (Å²) in [5.41, 5.74) is -1.02. The zero-order valence-corrected chi connectivity index (χ0v) is 9.28. The molecule has 0 aliphatic heterocycles. The first-order chi connectivity index (χ1) is 8.06. The fourth-order valence-electron chi connectivity index (χ4n) is 2.39. The first-order valence-corrected chi connectivity index (χ1v) is 5.60. The van der Waals surface area contributed by atoms with Crippen LogP contribution in [0.5, 0.6) is 0 Å². The molecule has 0 atom stereocenters. The lowest BCUT2D eigenvalue weighted by Gasteiger charge is -2.21. The Morgan fingerprint density at radius 1 is 1.12 bits per heavy atom. The van der Waals surface area contributed by atoms with Crippen LogP contribution in [0.3, 0.4) is 0 Å². The van der Waals surface area contributed by atoms with E-state index in [1.807, 2.05) is 0 Å². The fraction of sp³-hybridized carbons (Fsp3) is 0.385. The smallest absolute Gasteiger partial charge is 0.317 e. The Bertz CT molecular complexity index is 444. The van der Waals surface area contributed by atoms with Crippen molar-refractivity contribution < 1.29 is 19.1 Å². The molecule has 1 saturated carbocycles. The number of hydrogen-bond donors (Lipinski definition) is 1. The number of carbonyl (C=O) groups is 2. The molecule has 1 fully saturated rings. The third kappa shape index (κ3) is 1.95. The fourth-order valence-corrected chi connectivity index (χ4v) is 2.39. The van der Waals surface area contributed by atoms with Crippen LogP contribution in [-0.4, -0.2) is 16.9 Å². The Hall–Kier alpha value is -1.71. The normalized spacial score (nSPS) is 17.9. The Kier molecular flexibility index (Phi) is 2.96. The summed E-state index contributed by atoms with van der Waals surface area (Å²) in [4.78, 5) is 23.5. The minimum Gasteiger partial charge on any atom is -0.480 e. The van der Waals surface area contributed by atoms with Crippen LogP contribution in [0, 0.1) is 11.2 Å². The molecule has 2 rings (SSSR count). The predicted molar refractivity (Wildman–Crippen MR) is 59.3 cm³/mol. The van der Waals surface area contributed by atoms with Gasteiger partial charge < -0.3 is 5.11 Å². The van der Waals surface area contributed by atoms with Crippen molar-refractivity contribution >= 4 is 11.8 Å². The van der Waals surface area contributed by atoms with Gasteiger partial charge in [-0.1, -0.05) is 12.8 Å². The molecule has 1 aromatic carbocycles. The number of halogens is 1. The largest absolute Gasteiger partial charge is 0.480 e. The molecule has 1 aromatic rings. The molecule has 0 spiro atoms. The van der Waals surface area contributed by atoms with E-state index in [0.29, 0.717) is 12.8 Å². The van der Waals surface area contributed by atoms with Crippen molar-refractivity contribution in [2.24, 2.45) is 5.41 Å². The Balaban J connectivity index is 2.35. The minimum atomic E-state index is -1.29. The summed E-state index contributed by atoms with van der Waals surface area (Å²) in [6, 6.07) is 5.05. The van der Waals surface area contributed by atoms with E-state index in [4.69, 9.17) is 0 Å². The van der Waals surface area contributed by atoms with Crippen molar-refractivity contribution in [2.45, 2.75) is 25.7 Å². The van der Waals surface area contributed by atoms with E-state index in [-0.39, 0.29) is 5.56 Å². The van der Waals surface area contributed by atoms with E-state index in [0.717, 1.165) is 12.8 Å². The number of aliphatic carboxylic acids is 1. The molecule has 90 valence electrons. The van der Waals surface area contributed by atoms with E-state index >= 15 is 0 Å². The van der Waals surface area contributed by atoms with E-state index in [9.17, 15) is 19.1 Å². The van der Waals surface area contributed by atoms with Crippen molar-refractivity contribution in [1.29, 1.82) is 0 Å². The number of hydrogen-bond acceptors (Lipinski definition) is 2. The second-order valence-corrected chi connectivity index (χ2v) is 4.43. The number of rotatable bonds is 3. The predicted octanol–water partition coefficient (Wildman–Crippen LogP) is 2.65. The summed E-state index contributed by atoms with van der Waals surface area (Å²) in [6.45, 7) is 0. The van der Waals surface area contributed by atoms with Gasteiger partial charge in [-0.25, -0.2) is 4.39 Å². The third-order valence-electron chi connectivity index (χ3n) is 3.41. The second-order valence-electron chi connectivity index (χ2n) is 4.43. The molecule has 0 radical (unpaired) electrons. The van der Waals surface area contributed by atoms with Gasteiger partial charge in [-0.3, -0.25) is 9.59 Å². The van der Waals surface area contributed by atoms with Crippen LogP contribution in [0.1, 0.15) is 36.0 Å². The highest BCUT2D eigenvalue weighted by atomic mass is 19.1. The molecule has 0 saturated heterocycles. The van der Waals surface area contributed by atoms with Crippen LogP contribution in [0.15, 0.2) is 24.3 Å². The molecule has 3 nitrogen and oxygen atoms in total. The SMILES string of the molecule is O=C(O)C1(C(=O)c2ccc(F)cc2)CCCC1. The molecule has 17 heavy (non-hydrogen) atoms. The van der Waals surface area contributed by atoms with Gasteiger partial charge in [-0.2, -0.15) is 0 Å². The van der Waals surface area contributed by atoms with Crippen molar-refractivity contribution in [2.75, 3.05) is 0 Å². The number of benzene rings is 1. The summed E-state index contributed by atoms with van der Waals surface area (Å²) in [6.07, 6.45) is 2.25. The zero-order chi connectivity index (χ0) is 12.5. The van der Waals surface area contributed by atoms with Crippen LogP contribution in [0.4, 0.5) is 4.39 Å². The lowest BCUT2D eigenvalue weighted by molar-refractivity contribution is -0.145. The number of Topliss-reactive ketones (excluding diaryl/α,β-unsaturated/α-hetero) is 1. The van der Waals surface area contributed by atoms with Gasteiger partial charge in [-0.05, 0) is 37.1 Å². The average Bonchev–Trinajstić information content (AvgIpc) is 2.79. The Morgan fingerprint density at radius 2 is 1.65 bits per heavy atom. The van der Waals surface area contributed by atoms with Crippen molar-refractivity contribution in [3.05, 3.63) is 35.6 Å². The van der Waals surface area contributed by atoms with Crippen molar-refractivity contribution in [3.63, 3.8) is 0 Å². The van der Waals surface area contributed by atoms with Gasteiger partial charge in [0.05, 0.1) is 0 Å². The molecular weight excluding hydrogens is 223 g/mol. The van der Waals surface area contributed by atoms with Crippen molar-refractivity contribution in [3.8, 4) is 0 Å². The molecular formula is C13H13FO3. The topological polar surface area (TPSA) is 54.4 Å². The maximum Gasteiger partial charge on any atom is 0.317 e. The second kappa shape index (κ2) is 4.28. The summed E-state index contributed by atoms with van der Waals surface area (Å²) < 4.78 is 12.8. The molecule has 0 heterocycles. The number of ketones is 1. The summed E-state index contributed by atoms with van der Waals surface area (Å²) in [5, 5.41) is 9.26. The summed E-state index contributed by atoms with van der Waals surface area (Å²) in [5.74, 6) is -1.90. The van der Waals surface area contributed by atoms with Crippen LogP contribution in [0.2, 0.25) is 0 Å². The lowest BCUT2D eigenvalue weighted by Crippen LogP contribution is -2.36. The molecule has 1 aliphatic rings. The van der Waals surface area contributed by atoms with Crippen LogP contribution < -0.4 is 0 Å². The number of carbonyl (C=O) groups excluding carboxylic acids is 1. The van der Waals surface area contributed by atoms with E-state index in [2.05, 4.69) is 0 Å². The van der Waals surface area contributed by atoms with Gasteiger partial charge in [0.1, 0.15) is 11.2 Å². The molecule has 0 aromatic heterocycles. The first kappa shape index (κ1) is 11.8. The highest BCUT2D eigenvalue weighted by Crippen LogP contribution is 2.41. The molecule has 1 aliphatic carbocycles. The molecule has 4 heteroatoms. The summed E-state index contributed by atoms with van der Waals surface area (Å²) >= 11 is 0. The quantitative estimate of drug-likeness (QED) is 0.648. The zero-order valence-electron chi connectivity index (χ0n) is 9.28. The van der Waals surface area contributed by atoms with Gasteiger partial charge in [0.25, 0.3) is 0 Å². The Labute approximate surface area is 98.3 Å². The first-order valence-electron chi connectivity index (χ1n) is 5.60. The van der Waals surface area contributed by atoms with Crippen LogP contribution >= 0.6 is 0 Å². The molecule has 0 unspecified atom stereocenters. The average molecular weight is 236 g/mol. The van der Waals surface area contributed by atoms with Gasteiger partial charge >= 0.3 is 5.97 Å². The maximum atomic E-state index is 12.8. The van der Waals surface area contributed by atoms with Crippen LogP contribution in [-0.2, 0) is 4.79 Å². The lowest BCUT2D eigenvalue weighted by atomic mass is 9.79. The highest BCUT2D eigenvalue weighted by Gasteiger charge is 2.48. The standard InChI is InChI=1S/C13H13FO3/c14-10-5-3-9(4-6-10)11(15)13(12(16)17)7-1-2-8-13/h3-6H,1-2,7-8H2,(H,16,17). The number of carboxylic acid groups (broad SMARTS) is 1. The van der Waals surface area contributed by atoms with E-state index in [1.165, 1.54) is 24.3 Å². The molecule has 0 amide bonds. The molecule has 1 N–H and O–H groups in total. The van der Waals surface area contributed by atoms with E-state index < -0.39 is 23.0 Å². The number of carboxylic acids is 1. The van der Waals surface area contributed by atoms with E-state index in [1.54, 1.807) is 0 Å².